The molecule has 5 heteroatoms. The zero-order valence-corrected chi connectivity index (χ0v) is 14.9. The lowest BCUT2D eigenvalue weighted by atomic mass is 9.92. The summed E-state index contributed by atoms with van der Waals surface area (Å²) >= 11 is 0. The van der Waals surface area contributed by atoms with Crippen molar-refractivity contribution in [1.82, 2.24) is 20.0 Å². The molecular formula is C17H32N4O. The van der Waals surface area contributed by atoms with E-state index in [-0.39, 0.29) is 5.41 Å². The lowest BCUT2D eigenvalue weighted by Gasteiger charge is -2.21. The first-order chi connectivity index (χ1) is 10.4. The van der Waals surface area contributed by atoms with Crippen molar-refractivity contribution in [3.63, 3.8) is 0 Å². The van der Waals surface area contributed by atoms with Crippen molar-refractivity contribution in [3.8, 4) is 0 Å². The first-order valence-corrected chi connectivity index (χ1v) is 8.33. The van der Waals surface area contributed by atoms with E-state index in [1.165, 1.54) is 25.2 Å². The third-order valence-electron chi connectivity index (χ3n) is 4.39. The molecule has 1 aromatic heterocycles. The number of ether oxygens (including phenoxy) is 1. The highest BCUT2D eigenvalue weighted by Gasteiger charge is 2.23. The molecule has 0 saturated carbocycles. The number of methoxy groups -OCH3 is 1. The van der Waals surface area contributed by atoms with Crippen molar-refractivity contribution in [2.45, 2.75) is 39.2 Å². The zero-order valence-electron chi connectivity index (χ0n) is 14.9. The topological polar surface area (TPSA) is 44.4 Å². The Morgan fingerprint density at radius 1 is 1.45 bits per heavy atom. The van der Waals surface area contributed by atoms with Crippen LogP contribution in [0, 0.1) is 5.92 Å². The minimum Gasteiger partial charge on any atom is -0.383 e. The van der Waals surface area contributed by atoms with Gasteiger partial charge in [0.1, 0.15) is 0 Å². The largest absolute Gasteiger partial charge is 0.383 e. The Kier molecular flexibility index (Phi) is 6.01. The number of nitrogens with zero attached hydrogens (tertiary/aromatic N) is 3. The van der Waals surface area contributed by atoms with E-state index in [9.17, 15) is 0 Å². The van der Waals surface area contributed by atoms with Crippen LogP contribution in [0.5, 0.6) is 0 Å². The molecule has 22 heavy (non-hydrogen) atoms. The van der Waals surface area contributed by atoms with Crippen molar-refractivity contribution in [2.75, 3.05) is 46.9 Å². The third-order valence-corrected chi connectivity index (χ3v) is 4.39. The molecule has 0 bridgehead atoms. The van der Waals surface area contributed by atoms with E-state index in [0.29, 0.717) is 0 Å². The summed E-state index contributed by atoms with van der Waals surface area (Å²) in [6, 6.07) is 2.20. The summed E-state index contributed by atoms with van der Waals surface area (Å²) in [5.41, 5.74) is 2.46. The van der Waals surface area contributed by atoms with E-state index in [4.69, 9.17) is 4.74 Å². The zero-order chi connectivity index (χ0) is 16.2. The number of H-pyrrole nitrogens is 1. The molecule has 1 aliphatic rings. The highest BCUT2D eigenvalue weighted by atomic mass is 16.5. The lowest BCUT2D eigenvalue weighted by molar-refractivity contribution is 0.157. The van der Waals surface area contributed by atoms with Crippen LogP contribution in [0.3, 0.4) is 0 Å². The molecule has 0 aromatic carbocycles. The molecule has 1 aromatic rings. The molecule has 2 heterocycles. The Labute approximate surface area is 135 Å². The minimum atomic E-state index is 0.112. The van der Waals surface area contributed by atoms with E-state index in [1.54, 1.807) is 7.11 Å². The molecule has 1 fully saturated rings. The highest BCUT2D eigenvalue weighted by molar-refractivity contribution is 5.16. The van der Waals surface area contributed by atoms with Crippen LogP contribution in [-0.4, -0.2) is 66.9 Å². The average Bonchev–Trinajstić information content (AvgIpc) is 3.05. The second kappa shape index (κ2) is 7.57. The molecule has 0 radical (unpaired) electrons. The molecule has 126 valence electrons. The fourth-order valence-electron chi connectivity index (χ4n) is 3.11. The quantitative estimate of drug-likeness (QED) is 0.838. The van der Waals surface area contributed by atoms with Gasteiger partial charge < -0.3 is 14.5 Å². The smallest absolute Gasteiger partial charge is 0.0678 e. The van der Waals surface area contributed by atoms with Crippen molar-refractivity contribution in [1.29, 1.82) is 0 Å². The highest BCUT2D eigenvalue weighted by Crippen LogP contribution is 2.21. The van der Waals surface area contributed by atoms with Crippen LogP contribution in [-0.2, 0) is 16.7 Å². The summed E-state index contributed by atoms with van der Waals surface area (Å²) in [5, 5.41) is 7.63. The van der Waals surface area contributed by atoms with Gasteiger partial charge in [0, 0.05) is 44.4 Å². The van der Waals surface area contributed by atoms with Gasteiger partial charge in [0.05, 0.1) is 12.3 Å². The van der Waals surface area contributed by atoms with Crippen molar-refractivity contribution < 1.29 is 4.74 Å². The van der Waals surface area contributed by atoms with E-state index < -0.39 is 0 Å². The van der Waals surface area contributed by atoms with Gasteiger partial charge in [-0.25, -0.2) is 0 Å². The number of aromatic nitrogens is 2. The van der Waals surface area contributed by atoms with Gasteiger partial charge in [-0.3, -0.25) is 5.10 Å². The average molecular weight is 308 g/mol. The number of nitrogens with one attached hydrogen (secondary N) is 1. The van der Waals surface area contributed by atoms with Gasteiger partial charge in [-0.2, -0.15) is 5.10 Å². The number of hydrogen-bond donors (Lipinski definition) is 1. The van der Waals surface area contributed by atoms with E-state index >= 15 is 0 Å². The molecule has 0 amide bonds. The lowest BCUT2D eigenvalue weighted by Crippen LogP contribution is -2.29. The summed E-state index contributed by atoms with van der Waals surface area (Å²) in [5.74, 6) is 0.770. The number of rotatable bonds is 7. The Hall–Kier alpha value is -0.910. The molecule has 1 atom stereocenters. The van der Waals surface area contributed by atoms with Gasteiger partial charge in [0.2, 0.25) is 0 Å². The Morgan fingerprint density at radius 2 is 2.23 bits per heavy atom. The maximum atomic E-state index is 5.17. The van der Waals surface area contributed by atoms with Crippen LogP contribution in [0.4, 0.5) is 0 Å². The van der Waals surface area contributed by atoms with Crippen LogP contribution < -0.4 is 0 Å². The van der Waals surface area contributed by atoms with Gasteiger partial charge in [-0.1, -0.05) is 20.8 Å². The molecular weight excluding hydrogens is 276 g/mol. The molecule has 5 nitrogen and oxygen atoms in total. The van der Waals surface area contributed by atoms with Crippen molar-refractivity contribution >= 4 is 0 Å². The second-order valence-electron chi connectivity index (χ2n) is 7.67. The van der Waals surface area contributed by atoms with Crippen LogP contribution in [0.1, 0.15) is 38.6 Å². The van der Waals surface area contributed by atoms with Crippen LogP contribution in [0.2, 0.25) is 0 Å². The fourth-order valence-corrected chi connectivity index (χ4v) is 3.11. The second-order valence-corrected chi connectivity index (χ2v) is 7.67. The fraction of sp³-hybridized carbons (Fsp3) is 0.824. The predicted octanol–water partition coefficient (Wildman–Crippen LogP) is 2.11. The van der Waals surface area contributed by atoms with Gasteiger partial charge in [-0.15, -0.1) is 0 Å². The van der Waals surface area contributed by atoms with Crippen molar-refractivity contribution in [2.24, 2.45) is 5.92 Å². The Bertz CT molecular complexity index is 452. The molecule has 1 saturated heterocycles. The van der Waals surface area contributed by atoms with Gasteiger partial charge >= 0.3 is 0 Å². The summed E-state index contributed by atoms with van der Waals surface area (Å²) in [6.07, 6.45) is 1.30. The predicted molar refractivity (Wildman–Crippen MR) is 90.0 cm³/mol. The normalized spacial score (nSPS) is 20.2. The Balaban J connectivity index is 1.76. The van der Waals surface area contributed by atoms with Gasteiger partial charge in [-0.05, 0) is 32.0 Å². The van der Waals surface area contributed by atoms with E-state index in [1.807, 2.05) is 0 Å². The summed E-state index contributed by atoms with van der Waals surface area (Å²) in [7, 11) is 3.98. The maximum absolute atomic E-state index is 5.17. The third kappa shape index (κ3) is 5.07. The molecule has 1 N–H and O–H groups in total. The molecule has 2 rings (SSSR count). The van der Waals surface area contributed by atoms with Gasteiger partial charge in [0.15, 0.2) is 0 Å². The van der Waals surface area contributed by atoms with Gasteiger partial charge in [0.25, 0.3) is 0 Å². The van der Waals surface area contributed by atoms with E-state index in [0.717, 1.165) is 37.9 Å². The minimum absolute atomic E-state index is 0.112. The molecule has 1 unspecified atom stereocenters. The van der Waals surface area contributed by atoms with E-state index in [2.05, 4.69) is 53.9 Å². The number of hydrogen-bond acceptors (Lipinski definition) is 4. The molecule has 0 spiro atoms. The first-order valence-electron chi connectivity index (χ1n) is 8.33. The maximum Gasteiger partial charge on any atom is 0.0678 e. The summed E-state index contributed by atoms with van der Waals surface area (Å²) in [4.78, 5) is 4.92. The summed E-state index contributed by atoms with van der Waals surface area (Å²) < 4.78 is 5.17. The molecule has 1 aliphatic heterocycles. The van der Waals surface area contributed by atoms with Crippen LogP contribution >= 0.6 is 0 Å². The standard InChI is InChI=1S/C17H32N4O/c1-17(2,3)16-10-15(18-19-16)13-20(4)11-14-6-7-21(12-14)8-9-22-5/h10,14H,6-9,11-13H2,1-5H3,(H,18,19). The number of aromatic amines is 1. The summed E-state index contributed by atoms with van der Waals surface area (Å²) in [6.45, 7) is 13.0. The van der Waals surface area contributed by atoms with Crippen LogP contribution in [0.25, 0.3) is 0 Å². The number of likely N-dealkylation sites (tertiary alicyclic amines) is 1. The SMILES string of the molecule is COCCN1CCC(CN(C)Cc2cc(C(C)(C)C)n[nH]2)C1. The van der Waals surface area contributed by atoms with Crippen LogP contribution in [0.15, 0.2) is 6.07 Å². The Morgan fingerprint density at radius 3 is 2.86 bits per heavy atom. The monoisotopic (exact) mass is 308 g/mol. The first kappa shape index (κ1) is 17.4. The molecule has 0 aliphatic carbocycles. The van der Waals surface area contributed by atoms with Crippen molar-refractivity contribution in [3.05, 3.63) is 17.5 Å².